The van der Waals surface area contributed by atoms with Gasteiger partial charge in [-0.05, 0) is 54.6 Å². The highest BCUT2D eigenvalue weighted by Crippen LogP contribution is 2.31. The number of anilines is 2. The van der Waals surface area contributed by atoms with Gasteiger partial charge in [-0.3, -0.25) is 9.88 Å². The first-order valence-corrected chi connectivity index (χ1v) is 8.23. The second-order valence-corrected chi connectivity index (χ2v) is 5.85. The van der Waals surface area contributed by atoms with E-state index in [1.54, 1.807) is 48.8 Å². The molecule has 3 aromatic rings. The number of hydrogen-bond acceptors (Lipinski definition) is 3. The maximum absolute atomic E-state index is 12.8. The van der Waals surface area contributed by atoms with Crippen molar-refractivity contribution in [3.05, 3.63) is 78.6 Å². The third-order valence-electron chi connectivity index (χ3n) is 3.86. The molecule has 1 N–H and O–H groups in total. The van der Waals surface area contributed by atoms with Crippen molar-refractivity contribution in [3.8, 4) is 11.5 Å². The van der Waals surface area contributed by atoms with Gasteiger partial charge in [0.25, 0.3) is 0 Å². The van der Waals surface area contributed by atoms with Gasteiger partial charge in [0.1, 0.15) is 11.5 Å². The van der Waals surface area contributed by atoms with Crippen molar-refractivity contribution < 1.29 is 22.7 Å². The Bertz CT molecular complexity index is 945. The van der Waals surface area contributed by atoms with Gasteiger partial charge in [0, 0.05) is 30.8 Å². The number of urea groups is 1. The lowest BCUT2D eigenvalue weighted by Gasteiger charge is -2.19. The van der Waals surface area contributed by atoms with Crippen molar-refractivity contribution in [2.45, 2.75) is 6.18 Å². The van der Waals surface area contributed by atoms with E-state index in [0.29, 0.717) is 17.2 Å². The minimum atomic E-state index is -4.47. The molecule has 0 aliphatic rings. The Hall–Kier alpha value is -3.55. The molecule has 28 heavy (non-hydrogen) atoms. The fourth-order valence-electron chi connectivity index (χ4n) is 2.38. The van der Waals surface area contributed by atoms with Crippen LogP contribution >= 0.6 is 0 Å². The van der Waals surface area contributed by atoms with Crippen LogP contribution in [0.4, 0.5) is 29.3 Å². The molecule has 0 atom stereocenters. The summed E-state index contributed by atoms with van der Waals surface area (Å²) in [6.07, 6.45) is -1.26. The lowest BCUT2D eigenvalue weighted by atomic mass is 10.2. The molecule has 1 aromatic heterocycles. The van der Waals surface area contributed by atoms with Crippen LogP contribution in [0, 0.1) is 0 Å². The molecule has 2 aromatic carbocycles. The number of halogens is 3. The van der Waals surface area contributed by atoms with Crippen LogP contribution in [0.15, 0.2) is 73.1 Å². The third-order valence-corrected chi connectivity index (χ3v) is 3.86. The summed E-state index contributed by atoms with van der Waals surface area (Å²) in [5.74, 6) is 1.19. The van der Waals surface area contributed by atoms with Crippen LogP contribution in [0.5, 0.6) is 11.5 Å². The SMILES string of the molecule is CN(C(=O)Nc1cccc(C(F)(F)F)c1)c1ccc(Oc2ccncc2)cc1. The maximum atomic E-state index is 12.8. The molecule has 0 bridgehead atoms. The number of nitrogens with one attached hydrogen (secondary N) is 1. The molecule has 1 heterocycles. The average Bonchev–Trinajstić information content (AvgIpc) is 2.68. The topological polar surface area (TPSA) is 54.5 Å². The lowest BCUT2D eigenvalue weighted by molar-refractivity contribution is -0.137. The van der Waals surface area contributed by atoms with E-state index in [-0.39, 0.29) is 5.69 Å². The van der Waals surface area contributed by atoms with Crippen molar-refractivity contribution in [2.75, 3.05) is 17.3 Å². The number of nitrogens with zero attached hydrogens (tertiary/aromatic N) is 2. The number of amides is 2. The summed E-state index contributed by atoms with van der Waals surface area (Å²) in [5.41, 5.74) is -0.221. The summed E-state index contributed by atoms with van der Waals surface area (Å²) < 4.78 is 44.0. The van der Waals surface area contributed by atoms with Crippen molar-refractivity contribution in [3.63, 3.8) is 0 Å². The van der Waals surface area contributed by atoms with Gasteiger partial charge in [0.05, 0.1) is 5.56 Å². The first-order valence-electron chi connectivity index (χ1n) is 8.23. The largest absolute Gasteiger partial charge is 0.457 e. The number of pyridine rings is 1. The van der Waals surface area contributed by atoms with E-state index in [0.717, 1.165) is 12.1 Å². The molecular weight excluding hydrogens is 371 g/mol. The number of hydrogen-bond donors (Lipinski definition) is 1. The maximum Gasteiger partial charge on any atom is 0.416 e. The van der Waals surface area contributed by atoms with Crippen LogP contribution in [0.25, 0.3) is 0 Å². The summed E-state index contributed by atoms with van der Waals surface area (Å²) in [6, 6.07) is 14.0. The van der Waals surface area contributed by atoms with Crippen LogP contribution in [-0.2, 0) is 6.18 Å². The van der Waals surface area contributed by atoms with E-state index in [9.17, 15) is 18.0 Å². The molecule has 0 aliphatic carbocycles. The summed E-state index contributed by atoms with van der Waals surface area (Å²) in [5, 5.41) is 2.46. The summed E-state index contributed by atoms with van der Waals surface area (Å²) in [7, 11) is 1.52. The highest BCUT2D eigenvalue weighted by molar-refractivity contribution is 6.01. The zero-order chi connectivity index (χ0) is 20.1. The van der Waals surface area contributed by atoms with Crippen LogP contribution in [0.1, 0.15) is 5.56 Å². The Kier molecular flexibility index (Phi) is 5.49. The Morgan fingerprint density at radius 1 is 1.00 bits per heavy atom. The van der Waals surface area contributed by atoms with Gasteiger partial charge in [-0.25, -0.2) is 4.79 Å². The van der Waals surface area contributed by atoms with Gasteiger partial charge in [-0.15, -0.1) is 0 Å². The third kappa shape index (κ3) is 4.79. The molecular formula is C20H16F3N3O2. The fraction of sp³-hybridized carbons (Fsp3) is 0.100. The minimum Gasteiger partial charge on any atom is -0.457 e. The van der Waals surface area contributed by atoms with Crippen molar-refractivity contribution in [2.24, 2.45) is 0 Å². The molecule has 144 valence electrons. The van der Waals surface area contributed by atoms with Crippen LogP contribution in [0.3, 0.4) is 0 Å². The molecule has 3 rings (SSSR count). The molecule has 0 spiro atoms. The summed E-state index contributed by atoms with van der Waals surface area (Å²) in [4.78, 5) is 17.5. The molecule has 0 fully saturated rings. The molecule has 0 saturated heterocycles. The number of rotatable bonds is 4. The monoisotopic (exact) mass is 387 g/mol. The van der Waals surface area contributed by atoms with Gasteiger partial charge in [-0.2, -0.15) is 13.2 Å². The average molecular weight is 387 g/mol. The number of alkyl halides is 3. The van der Waals surface area contributed by atoms with E-state index in [2.05, 4.69) is 10.3 Å². The number of ether oxygens (including phenoxy) is 1. The Morgan fingerprint density at radius 3 is 2.29 bits per heavy atom. The van der Waals surface area contributed by atoms with Gasteiger partial charge < -0.3 is 10.1 Å². The van der Waals surface area contributed by atoms with E-state index < -0.39 is 17.8 Å². The fourth-order valence-corrected chi connectivity index (χ4v) is 2.38. The quantitative estimate of drug-likeness (QED) is 0.638. The first kappa shape index (κ1) is 19.2. The predicted octanol–water partition coefficient (Wildman–Crippen LogP) is 5.56. The highest BCUT2D eigenvalue weighted by Gasteiger charge is 2.30. The van der Waals surface area contributed by atoms with Gasteiger partial charge in [-0.1, -0.05) is 6.07 Å². The van der Waals surface area contributed by atoms with Crippen molar-refractivity contribution in [1.29, 1.82) is 0 Å². The summed E-state index contributed by atoms with van der Waals surface area (Å²) >= 11 is 0. The second kappa shape index (κ2) is 7.99. The zero-order valence-corrected chi connectivity index (χ0v) is 14.8. The molecule has 0 radical (unpaired) electrons. The molecule has 0 unspecified atom stereocenters. The van der Waals surface area contributed by atoms with E-state index in [1.165, 1.54) is 24.1 Å². The lowest BCUT2D eigenvalue weighted by Crippen LogP contribution is -2.31. The molecule has 8 heteroatoms. The normalized spacial score (nSPS) is 11.0. The molecule has 0 aliphatic heterocycles. The van der Waals surface area contributed by atoms with Crippen LogP contribution < -0.4 is 15.0 Å². The Balaban J connectivity index is 1.66. The minimum absolute atomic E-state index is 0.0596. The number of carbonyl (C=O) groups is 1. The predicted molar refractivity (Wildman–Crippen MR) is 99.6 cm³/mol. The van der Waals surface area contributed by atoms with Crippen LogP contribution in [0.2, 0.25) is 0 Å². The van der Waals surface area contributed by atoms with E-state index in [1.807, 2.05) is 0 Å². The van der Waals surface area contributed by atoms with E-state index >= 15 is 0 Å². The number of carbonyl (C=O) groups excluding carboxylic acids is 1. The van der Waals surface area contributed by atoms with Crippen LogP contribution in [-0.4, -0.2) is 18.1 Å². The second-order valence-electron chi connectivity index (χ2n) is 5.85. The smallest absolute Gasteiger partial charge is 0.416 e. The van der Waals surface area contributed by atoms with E-state index in [4.69, 9.17) is 4.74 Å². The number of aromatic nitrogens is 1. The standard InChI is InChI=1S/C20H16F3N3O2/c1-26(19(27)25-15-4-2-3-14(13-15)20(21,22)23)16-5-7-17(8-6-16)28-18-9-11-24-12-10-18/h2-13H,1H3,(H,25,27). The first-order chi connectivity index (χ1) is 13.3. The van der Waals surface area contributed by atoms with Gasteiger partial charge >= 0.3 is 12.2 Å². The molecule has 5 nitrogen and oxygen atoms in total. The molecule has 0 saturated carbocycles. The van der Waals surface area contributed by atoms with Gasteiger partial charge in [0.2, 0.25) is 0 Å². The van der Waals surface area contributed by atoms with Crippen molar-refractivity contribution in [1.82, 2.24) is 4.98 Å². The Labute approximate surface area is 159 Å². The molecule has 2 amide bonds. The highest BCUT2D eigenvalue weighted by atomic mass is 19.4. The number of benzene rings is 2. The summed E-state index contributed by atoms with van der Waals surface area (Å²) in [6.45, 7) is 0. The zero-order valence-electron chi connectivity index (χ0n) is 14.8. The Morgan fingerprint density at radius 2 is 1.64 bits per heavy atom. The van der Waals surface area contributed by atoms with Gasteiger partial charge in [0.15, 0.2) is 0 Å². The van der Waals surface area contributed by atoms with Crippen molar-refractivity contribution >= 4 is 17.4 Å².